The van der Waals surface area contributed by atoms with Crippen LogP contribution in [-0.4, -0.2) is 10.9 Å². The summed E-state index contributed by atoms with van der Waals surface area (Å²) in [5.41, 5.74) is 6.34. The van der Waals surface area contributed by atoms with Crippen LogP contribution in [0.3, 0.4) is 0 Å². The molecule has 3 N–H and O–H groups in total. The molecule has 18 heavy (non-hydrogen) atoms. The third kappa shape index (κ3) is 3.77. The SMILES string of the molecule is CCC(C(=O)NC(C)c1ccc(F)cc1)C(N)=S. The number of nitrogens with two attached hydrogens (primary N) is 1. The van der Waals surface area contributed by atoms with E-state index in [-0.39, 0.29) is 22.8 Å². The van der Waals surface area contributed by atoms with E-state index in [2.05, 4.69) is 5.32 Å². The Kier molecular flexibility index (Phi) is 5.22. The number of hydrogen-bond donors (Lipinski definition) is 2. The number of hydrogen-bond acceptors (Lipinski definition) is 2. The van der Waals surface area contributed by atoms with Crippen molar-refractivity contribution in [3.8, 4) is 0 Å². The van der Waals surface area contributed by atoms with Crippen molar-refractivity contribution in [2.24, 2.45) is 11.7 Å². The van der Waals surface area contributed by atoms with Gasteiger partial charge in [-0.25, -0.2) is 4.39 Å². The summed E-state index contributed by atoms with van der Waals surface area (Å²) < 4.78 is 12.8. The second-order valence-electron chi connectivity index (χ2n) is 4.15. The molecule has 0 aliphatic carbocycles. The Hall–Kier alpha value is -1.49. The highest BCUT2D eigenvalue weighted by molar-refractivity contribution is 7.80. The van der Waals surface area contributed by atoms with Crippen molar-refractivity contribution in [1.82, 2.24) is 5.32 Å². The lowest BCUT2D eigenvalue weighted by Gasteiger charge is -2.18. The van der Waals surface area contributed by atoms with Gasteiger partial charge in [0.1, 0.15) is 5.82 Å². The smallest absolute Gasteiger partial charge is 0.230 e. The lowest BCUT2D eigenvalue weighted by Crippen LogP contribution is -2.38. The van der Waals surface area contributed by atoms with Crippen molar-refractivity contribution in [2.45, 2.75) is 26.3 Å². The Morgan fingerprint density at radius 1 is 1.44 bits per heavy atom. The molecule has 0 heterocycles. The highest BCUT2D eigenvalue weighted by Gasteiger charge is 2.21. The number of benzene rings is 1. The molecule has 3 nitrogen and oxygen atoms in total. The molecule has 0 radical (unpaired) electrons. The maximum Gasteiger partial charge on any atom is 0.230 e. The Labute approximate surface area is 112 Å². The molecule has 5 heteroatoms. The van der Waals surface area contributed by atoms with Gasteiger partial charge in [0.15, 0.2) is 0 Å². The summed E-state index contributed by atoms with van der Waals surface area (Å²) in [5.74, 6) is -0.948. The lowest BCUT2D eigenvalue weighted by atomic mass is 10.0. The third-order valence-corrected chi connectivity index (χ3v) is 3.08. The second-order valence-corrected chi connectivity index (χ2v) is 4.62. The molecule has 0 bridgehead atoms. The molecule has 0 aromatic heterocycles. The number of amides is 1. The summed E-state index contributed by atoms with van der Waals surface area (Å²) in [6.07, 6.45) is 0.567. The highest BCUT2D eigenvalue weighted by atomic mass is 32.1. The molecule has 2 unspecified atom stereocenters. The minimum atomic E-state index is -0.456. The molecule has 0 saturated carbocycles. The number of halogens is 1. The van der Waals surface area contributed by atoms with Crippen LogP contribution in [0, 0.1) is 11.7 Å². The largest absolute Gasteiger partial charge is 0.393 e. The summed E-state index contributed by atoms with van der Waals surface area (Å²) >= 11 is 4.85. The number of rotatable bonds is 5. The van der Waals surface area contributed by atoms with Crippen LogP contribution in [0.2, 0.25) is 0 Å². The van der Waals surface area contributed by atoms with E-state index >= 15 is 0 Å². The van der Waals surface area contributed by atoms with Gasteiger partial charge in [-0.05, 0) is 31.0 Å². The minimum Gasteiger partial charge on any atom is -0.393 e. The first-order chi connectivity index (χ1) is 8.45. The average molecular weight is 268 g/mol. The van der Waals surface area contributed by atoms with E-state index in [1.54, 1.807) is 12.1 Å². The van der Waals surface area contributed by atoms with Crippen LogP contribution in [0.5, 0.6) is 0 Å². The van der Waals surface area contributed by atoms with Gasteiger partial charge in [0, 0.05) is 0 Å². The monoisotopic (exact) mass is 268 g/mol. The Balaban J connectivity index is 2.69. The van der Waals surface area contributed by atoms with Crippen molar-refractivity contribution in [2.75, 3.05) is 0 Å². The molecular formula is C13H17FN2OS. The van der Waals surface area contributed by atoms with E-state index in [4.69, 9.17) is 18.0 Å². The first-order valence-electron chi connectivity index (χ1n) is 5.80. The summed E-state index contributed by atoms with van der Waals surface area (Å²) in [6, 6.07) is 5.80. The van der Waals surface area contributed by atoms with Gasteiger partial charge in [-0.3, -0.25) is 4.79 Å². The van der Waals surface area contributed by atoms with E-state index in [9.17, 15) is 9.18 Å². The number of thiocarbonyl (C=S) groups is 1. The maximum absolute atomic E-state index is 12.8. The predicted octanol–water partition coefficient (Wildman–Crippen LogP) is 2.32. The van der Waals surface area contributed by atoms with Gasteiger partial charge < -0.3 is 11.1 Å². The molecule has 1 rings (SSSR count). The maximum atomic E-state index is 12.8. The van der Waals surface area contributed by atoms with Crippen LogP contribution < -0.4 is 11.1 Å². The molecule has 0 spiro atoms. The zero-order valence-corrected chi connectivity index (χ0v) is 11.3. The molecule has 0 aliphatic rings. The zero-order valence-electron chi connectivity index (χ0n) is 10.4. The average Bonchev–Trinajstić information content (AvgIpc) is 2.29. The number of carbonyl (C=O) groups excluding carboxylic acids is 1. The Bertz CT molecular complexity index is 433. The van der Waals surface area contributed by atoms with Crippen molar-refractivity contribution < 1.29 is 9.18 Å². The quantitative estimate of drug-likeness (QED) is 0.806. The zero-order chi connectivity index (χ0) is 13.7. The van der Waals surface area contributed by atoms with Crippen molar-refractivity contribution in [3.63, 3.8) is 0 Å². The van der Waals surface area contributed by atoms with Crippen LogP contribution in [0.25, 0.3) is 0 Å². The number of nitrogens with one attached hydrogen (secondary N) is 1. The van der Waals surface area contributed by atoms with E-state index < -0.39 is 5.92 Å². The van der Waals surface area contributed by atoms with Crippen molar-refractivity contribution in [1.29, 1.82) is 0 Å². The summed E-state index contributed by atoms with van der Waals surface area (Å²) in [7, 11) is 0. The van der Waals surface area contributed by atoms with Crippen LogP contribution in [0.4, 0.5) is 4.39 Å². The topological polar surface area (TPSA) is 55.1 Å². The third-order valence-electron chi connectivity index (χ3n) is 2.80. The lowest BCUT2D eigenvalue weighted by molar-refractivity contribution is -0.123. The molecule has 0 aliphatic heterocycles. The van der Waals surface area contributed by atoms with Gasteiger partial charge in [0.2, 0.25) is 5.91 Å². The van der Waals surface area contributed by atoms with E-state index in [0.717, 1.165) is 5.56 Å². The van der Waals surface area contributed by atoms with E-state index in [1.807, 2.05) is 13.8 Å². The predicted molar refractivity (Wildman–Crippen MR) is 73.5 cm³/mol. The summed E-state index contributed by atoms with van der Waals surface area (Å²) in [6.45, 7) is 3.68. The summed E-state index contributed by atoms with van der Waals surface area (Å²) in [5, 5.41) is 2.82. The first kappa shape index (κ1) is 14.6. The standard InChI is InChI=1S/C13H17FN2OS/c1-3-11(12(15)18)13(17)16-8(2)9-4-6-10(14)7-5-9/h4-8,11H,3H2,1-2H3,(H2,15,18)(H,16,17). The molecule has 0 fully saturated rings. The molecule has 1 amide bonds. The van der Waals surface area contributed by atoms with Gasteiger partial charge in [0.05, 0.1) is 16.9 Å². The highest BCUT2D eigenvalue weighted by Crippen LogP contribution is 2.14. The second kappa shape index (κ2) is 6.44. The van der Waals surface area contributed by atoms with Crippen molar-refractivity contribution in [3.05, 3.63) is 35.6 Å². The molecule has 1 aromatic carbocycles. The molecule has 1 aromatic rings. The fraction of sp³-hybridized carbons (Fsp3) is 0.385. The van der Waals surface area contributed by atoms with Crippen molar-refractivity contribution >= 4 is 23.1 Å². The molecule has 0 saturated heterocycles. The molecule has 98 valence electrons. The first-order valence-corrected chi connectivity index (χ1v) is 6.21. The fourth-order valence-electron chi connectivity index (χ4n) is 1.66. The van der Waals surface area contributed by atoms with E-state index in [0.29, 0.717) is 6.42 Å². The van der Waals surface area contributed by atoms with Gasteiger partial charge in [0.25, 0.3) is 0 Å². The van der Waals surface area contributed by atoms with Gasteiger partial charge in [-0.2, -0.15) is 0 Å². The Morgan fingerprint density at radius 3 is 2.44 bits per heavy atom. The number of carbonyl (C=O) groups is 1. The van der Waals surface area contributed by atoms with Gasteiger partial charge in [-0.15, -0.1) is 0 Å². The molecular weight excluding hydrogens is 251 g/mol. The molecule has 2 atom stereocenters. The van der Waals surface area contributed by atoms with Gasteiger partial charge >= 0.3 is 0 Å². The van der Waals surface area contributed by atoms with Crippen LogP contribution in [0.15, 0.2) is 24.3 Å². The normalized spacial score (nSPS) is 13.7. The van der Waals surface area contributed by atoms with Gasteiger partial charge in [-0.1, -0.05) is 31.3 Å². The Morgan fingerprint density at radius 2 is 2.00 bits per heavy atom. The fourth-order valence-corrected chi connectivity index (χ4v) is 1.94. The summed E-state index contributed by atoms with van der Waals surface area (Å²) in [4.78, 5) is 12.1. The van der Waals surface area contributed by atoms with Crippen LogP contribution in [0.1, 0.15) is 31.9 Å². The van der Waals surface area contributed by atoms with Crippen LogP contribution >= 0.6 is 12.2 Å². The van der Waals surface area contributed by atoms with E-state index in [1.165, 1.54) is 12.1 Å². The van der Waals surface area contributed by atoms with Crippen LogP contribution in [-0.2, 0) is 4.79 Å². The minimum absolute atomic E-state index is 0.193.